The molecule has 1 aliphatic carbocycles. The number of halogens is 2. The number of aromatic nitrogens is 6. The predicted molar refractivity (Wildman–Crippen MR) is 219 cm³/mol. The SMILES string of the molecule is CC.CCC[C@@H](C(C)C)n1ncn(-c2ccc(N3CCN(c4ccc(OCCOCC(CC)(Cn5cncn5)C5=CC=C(F)CC=C5F)cc4)CC3)cc2)c1=O. The van der Waals surface area contributed by atoms with E-state index in [0.717, 1.165) is 61.8 Å². The summed E-state index contributed by atoms with van der Waals surface area (Å²) in [5, 5.41) is 8.69. The van der Waals surface area contributed by atoms with Crippen LogP contribution in [-0.4, -0.2) is 75.1 Å². The molecule has 0 amide bonds. The van der Waals surface area contributed by atoms with Gasteiger partial charge in [0.05, 0.1) is 31.5 Å². The number of ether oxygens (including phenoxy) is 2. The van der Waals surface area contributed by atoms with Gasteiger partial charge in [0.25, 0.3) is 0 Å². The third kappa shape index (κ3) is 10.2. The van der Waals surface area contributed by atoms with E-state index in [1.165, 1.54) is 24.6 Å². The smallest absolute Gasteiger partial charge is 0.350 e. The standard InChI is InChI=1S/C41H52F2N8O3.C2H6/c1-5-7-39(31(3)4)51-40(52)50(30-46-51)35-12-10-33(11-13-35)47-20-22-48(23-21-47)34-14-16-36(17-15-34)54-25-24-53-27-41(6-2,26-49-29-44-28-45-49)37-18-8-32(42)9-19-38(37)43;1-2/h8,10-19,28-31,39H,5-7,9,20-27H2,1-4H3;1-2H3/t39-,41?;/m0./s1. The number of hydrogen-bond donors (Lipinski definition) is 0. The van der Waals surface area contributed by atoms with Crippen LogP contribution < -0.4 is 20.2 Å². The van der Waals surface area contributed by atoms with Crippen LogP contribution in [0.3, 0.4) is 0 Å². The topological polar surface area (TPSA) is 95.5 Å². The van der Waals surface area contributed by atoms with Gasteiger partial charge in [-0.25, -0.2) is 27.8 Å². The molecule has 0 N–H and O–H groups in total. The van der Waals surface area contributed by atoms with Crippen LogP contribution >= 0.6 is 0 Å². The van der Waals surface area contributed by atoms with Gasteiger partial charge in [-0.2, -0.15) is 10.2 Å². The lowest BCUT2D eigenvalue weighted by Gasteiger charge is -2.37. The summed E-state index contributed by atoms with van der Waals surface area (Å²) in [7, 11) is 0. The average Bonchev–Trinajstić information content (AvgIpc) is 3.84. The fourth-order valence-corrected chi connectivity index (χ4v) is 7.33. The first-order valence-electron chi connectivity index (χ1n) is 20.0. The van der Waals surface area contributed by atoms with Gasteiger partial charge in [-0.05, 0) is 85.0 Å². The van der Waals surface area contributed by atoms with Crippen molar-refractivity contribution in [3.63, 3.8) is 0 Å². The van der Waals surface area contributed by atoms with Crippen LogP contribution in [0.2, 0.25) is 0 Å². The molecule has 1 unspecified atom stereocenters. The highest BCUT2D eigenvalue weighted by Crippen LogP contribution is 2.40. The number of benzene rings is 2. The highest BCUT2D eigenvalue weighted by Gasteiger charge is 2.37. The molecular weight excluding hydrogens is 715 g/mol. The van der Waals surface area contributed by atoms with E-state index >= 15 is 4.39 Å². The Bertz CT molecular complexity index is 1940. The highest BCUT2D eigenvalue weighted by atomic mass is 19.1. The Hall–Kier alpha value is -5.04. The molecule has 1 fully saturated rings. The summed E-state index contributed by atoms with van der Waals surface area (Å²) >= 11 is 0. The van der Waals surface area contributed by atoms with E-state index < -0.39 is 17.1 Å². The summed E-state index contributed by atoms with van der Waals surface area (Å²) in [6.45, 7) is 17.0. The Labute approximate surface area is 329 Å². The Morgan fingerprint density at radius 1 is 0.839 bits per heavy atom. The van der Waals surface area contributed by atoms with Crippen LogP contribution in [-0.2, 0) is 11.3 Å². The quantitative estimate of drug-likeness (QED) is 0.0987. The molecule has 1 saturated heterocycles. The van der Waals surface area contributed by atoms with E-state index in [1.54, 1.807) is 26.6 Å². The van der Waals surface area contributed by atoms with Gasteiger partial charge in [0.15, 0.2) is 0 Å². The normalized spacial score (nSPS) is 16.3. The molecule has 1 aliphatic heterocycles. The molecule has 2 atom stereocenters. The lowest BCUT2D eigenvalue weighted by Crippen LogP contribution is -2.46. The fraction of sp³-hybridized carbons (Fsp3) is 0.488. The molecule has 11 nitrogen and oxygen atoms in total. The monoisotopic (exact) mass is 772 g/mol. The molecule has 2 aliphatic rings. The zero-order chi connectivity index (χ0) is 40.1. The first-order valence-corrected chi connectivity index (χ1v) is 20.0. The maximum Gasteiger partial charge on any atom is 0.350 e. The number of piperazine rings is 1. The molecule has 302 valence electrons. The van der Waals surface area contributed by atoms with Crippen molar-refractivity contribution in [3.8, 4) is 11.4 Å². The van der Waals surface area contributed by atoms with Gasteiger partial charge in [0.1, 0.15) is 43.0 Å². The Morgan fingerprint density at radius 3 is 2.07 bits per heavy atom. The Kier molecular flexibility index (Phi) is 15.2. The first kappa shape index (κ1) is 42.1. The van der Waals surface area contributed by atoms with Crippen molar-refractivity contribution < 1.29 is 18.3 Å². The van der Waals surface area contributed by atoms with E-state index in [1.807, 2.05) is 45.0 Å². The Balaban J connectivity index is 0.00000295. The van der Waals surface area contributed by atoms with Crippen molar-refractivity contribution >= 4 is 11.4 Å². The van der Waals surface area contributed by atoms with E-state index in [4.69, 9.17) is 9.47 Å². The second-order valence-corrected chi connectivity index (χ2v) is 14.4. The summed E-state index contributed by atoms with van der Waals surface area (Å²) < 4.78 is 46.3. The van der Waals surface area contributed by atoms with Crippen LogP contribution in [0.5, 0.6) is 5.75 Å². The predicted octanol–water partition coefficient (Wildman–Crippen LogP) is 8.50. The second-order valence-electron chi connectivity index (χ2n) is 14.4. The Morgan fingerprint density at radius 2 is 1.48 bits per heavy atom. The molecular formula is C43H58F2N8O3. The average molecular weight is 773 g/mol. The van der Waals surface area contributed by atoms with E-state index in [9.17, 15) is 9.18 Å². The van der Waals surface area contributed by atoms with Crippen LogP contribution in [0.15, 0.2) is 108 Å². The molecule has 0 saturated carbocycles. The van der Waals surface area contributed by atoms with Gasteiger partial charge >= 0.3 is 5.69 Å². The van der Waals surface area contributed by atoms with Gasteiger partial charge in [-0.1, -0.05) is 54.0 Å². The number of anilines is 2. The molecule has 4 aromatic rings. The summed E-state index contributed by atoms with van der Waals surface area (Å²) in [6, 6.07) is 16.3. The van der Waals surface area contributed by atoms with Crippen molar-refractivity contribution in [1.82, 2.24) is 29.1 Å². The lowest BCUT2D eigenvalue weighted by molar-refractivity contribution is 0.0328. The van der Waals surface area contributed by atoms with E-state index in [-0.39, 0.29) is 24.8 Å². The zero-order valence-electron chi connectivity index (χ0n) is 33.8. The molecule has 56 heavy (non-hydrogen) atoms. The van der Waals surface area contributed by atoms with E-state index in [0.29, 0.717) is 37.7 Å². The fourth-order valence-electron chi connectivity index (χ4n) is 7.33. The molecule has 3 heterocycles. The largest absolute Gasteiger partial charge is 0.491 e. The third-order valence-corrected chi connectivity index (χ3v) is 10.6. The highest BCUT2D eigenvalue weighted by molar-refractivity contribution is 5.54. The molecule has 2 aromatic carbocycles. The van der Waals surface area contributed by atoms with Crippen molar-refractivity contribution in [1.29, 1.82) is 0 Å². The molecule has 0 spiro atoms. The number of allylic oxidation sites excluding steroid dienone is 5. The number of nitrogens with zero attached hydrogens (tertiary/aromatic N) is 8. The van der Waals surface area contributed by atoms with Gasteiger partial charge in [0.2, 0.25) is 0 Å². The molecule has 6 rings (SSSR count). The second kappa shape index (κ2) is 20.2. The van der Waals surface area contributed by atoms with Crippen molar-refractivity contribution in [2.24, 2.45) is 11.3 Å². The minimum absolute atomic E-state index is 0.0780. The van der Waals surface area contributed by atoms with Crippen molar-refractivity contribution in [2.45, 2.75) is 79.8 Å². The minimum atomic E-state index is -0.776. The van der Waals surface area contributed by atoms with Crippen LogP contribution in [0, 0.1) is 11.3 Å². The summed E-state index contributed by atoms with van der Waals surface area (Å²) in [4.78, 5) is 22.0. The van der Waals surface area contributed by atoms with Gasteiger partial charge in [-0.3, -0.25) is 4.68 Å². The van der Waals surface area contributed by atoms with E-state index in [2.05, 4.69) is 70.0 Å². The molecule has 2 aromatic heterocycles. The minimum Gasteiger partial charge on any atom is -0.491 e. The van der Waals surface area contributed by atoms with Crippen molar-refractivity contribution in [2.75, 3.05) is 55.8 Å². The molecule has 0 radical (unpaired) electrons. The number of hydrogen-bond acceptors (Lipinski definition) is 8. The lowest BCUT2D eigenvalue weighted by atomic mass is 9.77. The zero-order valence-corrected chi connectivity index (χ0v) is 33.8. The first-order chi connectivity index (χ1) is 27.2. The molecule has 0 bridgehead atoms. The summed E-state index contributed by atoms with van der Waals surface area (Å²) in [5.74, 6) is 0.229. The third-order valence-electron chi connectivity index (χ3n) is 10.6. The van der Waals surface area contributed by atoms with Gasteiger partial charge < -0.3 is 19.3 Å². The number of rotatable bonds is 17. The molecule has 13 heteroatoms. The van der Waals surface area contributed by atoms with Crippen LogP contribution in [0.4, 0.5) is 20.2 Å². The maximum atomic E-state index is 15.2. The van der Waals surface area contributed by atoms with Crippen molar-refractivity contribution in [3.05, 3.63) is 113 Å². The van der Waals surface area contributed by atoms with Gasteiger partial charge in [0, 0.05) is 49.4 Å². The summed E-state index contributed by atoms with van der Waals surface area (Å²) in [5.41, 5.74) is 2.59. The maximum absolute atomic E-state index is 15.2. The van der Waals surface area contributed by atoms with Crippen LogP contribution in [0.1, 0.15) is 73.3 Å². The van der Waals surface area contributed by atoms with Crippen LogP contribution in [0.25, 0.3) is 5.69 Å². The van der Waals surface area contributed by atoms with Gasteiger partial charge in [-0.15, -0.1) is 0 Å². The summed E-state index contributed by atoms with van der Waals surface area (Å²) in [6.07, 6.45) is 11.2.